The van der Waals surface area contributed by atoms with Crippen molar-refractivity contribution in [1.82, 2.24) is 0 Å². The number of anilines is 1. The highest BCUT2D eigenvalue weighted by Gasteiger charge is 2.08. The summed E-state index contributed by atoms with van der Waals surface area (Å²) < 4.78 is 14.7. The SMILES string of the molecule is CC(Nc1cccc(Br)c1)c1ccc(F)c(Br)c1. The van der Waals surface area contributed by atoms with Crippen molar-refractivity contribution < 1.29 is 4.39 Å². The van der Waals surface area contributed by atoms with Crippen molar-refractivity contribution >= 4 is 37.5 Å². The first-order chi connectivity index (χ1) is 8.56. The van der Waals surface area contributed by atoms with E-state index in [0.29, 0.717) is 4.47 Å². The Morgan fingerprint density at radius 3 is 2.56 bits per heavy atom. The third kappa shape index (κ3) is 3.33. The van der Waals surface area contributed by atoms with E-state index in [0.717, 1.165) is 15.7 Å². The molecule has 4 heteroatoms. The normalized spacial score (nSPS) is 12.2. The highest BCUT2D eigenvalue weighted by Crippen LogP contribution is 2.25. The van der Waals surface area contributed by atoms with Crippen LogP contribution in [0.3, 0.4) is 0 Å². The molecular weight excluding hydrogens is 361 g/mol. The van der Waals surface area contributed by atoms with Gasteiger partial charge >= 0.3 is 0 Å². The third-order valence-corrected chi connectivity index (χ3v) is 3.75. The van der Waals surface area contributed by atoms with Crippen molar-refractivity contribution in [3.63, 3.8) is 0 Å². The topological polar surface area (TPSA) is 12.0 Å². The van der Waals surface area contributed by atoms with Crippen LogP contribution in [0.2, 0.25) is 0 Å². The van der Waals surface area contributed by atoms with Gasteiger partial charge in [0.1, 0.15) is 5.82 Å². The molecule has 2 aromatic rings. The summed E-state index contributed by atoms with van der Waals surface area (Å²) in [5, 5.41) is 3.37. The minimum Gasteiger partial charge on any atom is -0.378 e. The summed E-state index contributed by atoms with van der Waals surface area (Å²) in [5.41, 5.74) is 2.06. The Bertz CT molecular complexity index is 557. The maximum absolute atomic E-state index is 13.2. The number of halogens is 3. The van der Waals surface area contributed by atoms with Crippen molar-refractivity contribution in [2.75, 3.05) is 5.32 Å². The van der Waals surface area contributed by atoms with Crippen molar-refractivity contribution in [2.45, 2.75) is 13.0 Å². The molecule has 18 heavy (non-hydrogen) atoms. The maximum Gasteiger partial charge on any atom is 0.137 e. The van der Waals surface area contributed by atoms with Crippen molar-refractivity contribution in [3.05, 3.63) is 62.8 Å². The van der Waals surface area contributed by atoms with Crippen LogP contribution in [-0.2, 0) is 0 Å². The lowest BCUT2D eigenvalue weighted by Crippen LogP contribution is -2.06. The fourth-order valence-corrected chi connectivity index (χ4v) is 2.49. The second-order valence-electron chi connectivity index (χ2n) is 4.05. The number of rotatable bonds is 3. The Balaban J connectivity index is 2.16. The monoisotopic (exact) mass is 371 g/mol. The van der Waals surface area contributed by atoms with Gasteiger partial charge in [0.05, 0.1) is 4.47 Å². The van der Waals surface area contributed by atoms with E-state index in [9.17, 15) is 4.39 Å². The quantitative estimate of drug-likeness (QED) is 0.747. The van der Waals surface area contributed by atoms with Gasteiger partial charge in [0, 0.05) is 16.2 Å². The first-order valence-corrected chi connectivity index (χ1v) is 7.12. The van der Waals surface area contributed by atoms with Crippen molar-refractivity contribution in [3.8, 4) is 0 Å². The minimum absolute atomic E-state index is 0.108. The number of hydrogen-bond acceptors (Lipinski definition) is 1. The van der Waals surface area contributed by atoms with E-state index in [2.05, 4.69) is 37.2 Å². The molecule has 2 aromatic carbocycles. The predicted molar refractivity (Wildman–Crippen MR) is 80.3 cm³/mol. The molecule has 0 amide bonds. The van der Waals surface area contributed by atoms with Gasteiger partial charge in [0.15, 0.2) is 0 Å². The lowest BCUT2D eigenvalue weighted by atomic mass is 10.1. The van der Waals surface area contributed by atoms with Gasteiger partial charge < -0.3 is 5.32 Å². The van der Waals surface area contributed by atoms with E-state index in [-0.39, 0.29) is 11.9 Å². The van der Waals surface area contributed by atoms with Gasteiger partial charge in [-0.15, -0.1) is 0 Å². The molecule has 1 nitrogen and oxygen atoms in total. The molecule has 0 fully saturated rings. The molecule has 2 rings (SSSR count). The number of nitrogens with one attached hydrogen (secondary N) is 1. The van der Waals surface area contributed by atoms with E-state index in [1.165, 1.54) is 6.07 Å². The molecule has 1 unspecified atom stereocenters. The van der Waals surface area contributed by atoms with Crippen LogP contribution in [-0.4, -0.2) is 0 Å². The van der Waals surface area contributed by atoms with E-state index in [1.807, 2.05) is 31.2 Å². The molecule has 0 aliphatic rings. The van der Waals surface area contributed by atoms with Crippen molar-refractivity contribution in [2.24, 2.45) is 0 Å². The smallest absolute Gasteiger partial charge is 0.137 e. The Morgan fingerprint density at radius 1 is 1.11 bits per heavy atom. The Hall–Kier alpha value is -0.870. The zero-order valence-electron chi connectivity index (χ0n) is 9.75. The molecular formula is C14H12Br2FN. The highest BCUT2D eigenvalue weighted by atomic mass is 79.9. The van der Waals surface area contributed by atoms with Gasteiger partial charge in [0.2, 0.25) is 0 Å². The van der Waals surface area contributed by atoms with Crippen LogP contribution in [0.15, 0.2) is 51.4 Å². The standard InChI is InChI=1S/C14H12Br2FN/c1-9(10-5-6-14(17)13(16)7-10)18-12-4-2-3-11(15)8-12/h2-9,18H,1H3. The fraction of sp³-hybridized carbons (Fsp3) is 0.143. The number of benzene rings is 2. The van der Waals surface area contributed by atoms with Crippen LogP contribution in [0.5, 0.6) is 0 Å². The molecule has 0 saturated carbocycles. The predicted octanol–water partition coefficient (Wildman–Crippen LogP) is 5.52. The second kappa shape index (κ2) is 5.85. The first kappa shape index (κ1) is 13.6. The summed E-state index contributed by atoms with van der Waals surface area (Å²) in [4.78, 5) is 0. The molecule has 94 valence electrons. The zero-order chi connectivity index (χ0) is 13.1. The molecule has 1 N–H and O–H groups in total. The average Bonchev–Trinajstić information content (AvgIpc) is 2.32. The van der Waals surface area contributed by atoms with Crippen LogP contribution in [0.25, 0.3) is 0 Å². The van der Waals surface area contributed by atoms with Gasteiger partial charge in [-0.1, -0.05) is 28.1 Å². The highest BCUT2D eigenvalue weighted by molar-refractivity contribution is 9.10. The molecule has 0 bridgehead atoms. The average molecular weight is 373 g/mol. The zero-order valence-corrected chi connectivity index (χ0v) is 12.9. The largest absolute Gasteiger partial charge is 0.378 e. The molecule has 0 aromatic heterocycles. The molecule has 0 heterocycles. The van der Waals surface area contributed by atoms with Crippen molar-refractivity contribution in [1.29, 1.82) is 0 Å². The van der Waals surface area contributed by atoms with Crippen LogP contribution in [0.1, 0.15) is 18.5 Å². The van der Waals surface area contributed by atoms with E-state index in [1.54, 1.807) is 12.1 Å². The van der Waals surface area contributed by atoms with Gasteiger partial charge in [-0.05, 0) is 58.7 Å². The molecule has 0 aliphatic carbocycles. The molecule has 0 radical (unpaired) electrons. The van der Waals surface area contributed by atoms with Gasteiger partial charge in [-0.3, -0.25) is 0 Å². The summed E-state index contributed by atoms with van der Waals surface area (Å²) >= 11 is 6.63. The van der Waals surface area contributed by atoms with Crippen LogP contribution in [0.4, 0.5) is 10.1 Å². The van der Waals surface area contributed by atoms with Gasteiger partial charge in [-0.25, -0.2) is 4.39 Å². The maximum atomic E-state index is 13.2. The van der Waals surface area contributed by atoms with E-state index in [4.69, 9.17) is 0 Å². The molecule has 0 aliphatic heterocycles. The molecule has 0 saturated heterocycles. The Labute approximate surface area is 123 Å². The molecule has 1 atom stereocenters. The van der Waals surface area contributed by atoms with E-state index < -0.39 is 0 Å². The molecule has 0 spiro atoms. The second-order valence-corrected chi connectivity index (χ2v) is 5.82. The lowest BCUT2D eigenvalue weighted by Gasteiger charge is -2.16. The summed E-state index contributed by atoms with van der Waals surface area (Å²) in [6.07, 6.45) is 0. The minimum atomic E-state index is -0.242. The summed E-state index contributed by atoms with van der Waals surface area (Å²) in [6, 6.07) is 13.1. The first-order valence-electron chi connectivity index (χ1n) is 5.53. The lowest BCUT2D eigenvalue weighted by molar-refractivity contribution is 0.619. The summed E-state index contributed by atoms with van der Waals surface area (Å²) in [5.74, 6) is -0.242. The van der Waals surface area contributed by atoms with Gasteiger partial charge in [-0.2, -0.15) is 0 Å². The fourth-order valence-electron chi connectivity index (χ4n) is 1.69. The Kier molecular flexibility index (Phi) is 4.40. The van der Waals surface area contributed by atoms with Gasteiger partial charge in [0.25, 0.3) is 0 Å². The third-order valence-electron chi connectivity index (χ3n) is 2.65. The van der Waals surface area contributed by atoms with Crippen LogP contribution >= 0.6 is 31.9 Å². The number of hydrogen-bond donors (Lipinski definition) is 1. The van der Waals surface area contributed by atoms with Crippen LogP contribution < -0.4 is 5.32 Å². The summed E-state index contributed by atoms with van der Waals surface area (Å²) in [6.45, 7) is 2.04. The summed E-state index contributed by atoms with van der Waals surface area (Å²) in [7, 11) is 0. The Morgan fingerprint density at radius 2 is 1.89 bits per heavy atom. The van der Waals surface area contributed by atoms with E-state index >= 15 is 0 Å². The van der Waals surface area contributed by atoms with Crippen LogP contribution in [0, 0.1) is 5.82 Å².